The summed E-state index contributed by atoms with van der Waals surface area (Å²) in [7, 11) is 0. The van der Waals surface area contributed by atoms with Gasteiger partial charge in [0.05, 0.1) is 5.51 Å². The van der Waals surface area contributed by atoms with Crippen molar-refractivity contribution >= 4 is 33.0 Å². The first-order valence-corrected chi connectivity index (χ1v) is 6.25. The van der Waals surface area contributed by atoms with Crippen LogP contribution in [0.25, 0.3) is 0 Å². The van der Waals surface area contributed by atoms with Gasteiger partial charge in [-0.1, -0.05) is 22.0 Å². The second-order valence-electron chi connectivity index (χ2n) is 3.21. The van der Waals surface area contributed by atoms with Crippen molar-refractivity contribution in [2.75, 3.05) is 0 Å². The van der Waals surface area contributed by atoms with Gasteiger partial charge in [-0.05, 0) is 17.7 Å². The summed E-state index contributed by atoms with van der Waals surface area (Å²) in [5, 5.41) is 1.67. The van der Waals surface area contributed by atoms with Crippen molar-refractivity contribution in [1.82, 2.24) is 4.98 Å². The van der Waals surface area contributed by atoms with Gasteiger partial charge in [-0.25, -0.2) is 9.37 Å². The maximum absolute atomic E-state index is 13.5. The van der Waals surface area contributed by atoms with Gasteiger partial charge in [0, 0.05) is 16.3 Å². The van der Waals surface area contributed by atoms with Crippen LogP contribution in [0.15, 0.2) is 33.6 Å². The molecule has 2 rings (SSSR count). The minimum absolute atomic E-state index is 0.0445. The molecule has 5 heteroatoms. The lowest BCUT2D eigenvalue weighted by atomic mass is 10.1. The third kappa shape index (κ3) is 2.54. The topological polar surface area (TPSA) is 30.0 Å². The Morgan fingerprint density at radius 3 is 2.94 bits per heavy atom. The van der Waals surface area contributed by atoms with E-state index in [-0.39, 0.29) is 18.0 Å². The average Bonchev–Trinajstić information content (AvgIpc) is 2.75. The van der Waals surface area contributed by atoms with Crippen molar-refractivity contribution in [3.63, 3.8) is 0 Å². The molecule has 82 valence electrons. The molecule has 0 saturated heterocycles. The van der Waals surface area contributed by atoms with Gasteiger partial charge in [0.2, 0.25) is 0 Å². The van der Waals surface area contributed by atoms with Crippen molar-refractivity contribution in [1.29, 1.82) is 0 Å². The molecule has 2 aromatic rings. The second-order valence-corrected chi connectivity index (χ2v) is 4.84. The second kappa shape index (κ2) is 4.84. The molecule has 2 nitrogen and oxygen atoms in total. The zero-order valence-electron chi connectivity index (χ0n) is 8.11. The molecular formula is C11H7BrFNOS. The van der Waals surface area contributed by atoms with Gasteiger partial charge in [0.25, 0.3) is 0 Å². The van der Waals surface area contributed by atoms with Gasteiger partial charge in [0.1, 0.15) is 11.5 Å². The number of ketones is 1. The van der Waals surface area contributed by atoms with Crippen LogP contribution in [-0.2, 0) is 6.42 Å². The van der Waals surface area contributed by atoms with E-state index in [4.69, 9.17) is 0 Å². The highest BCUT2D eigenvalue weighted by molar-refractivity contribution is 9.10. The first-order valence-electron chi connectivity index (χ1n) is 4.52. The predicted octanol–water partition coefficient (Wildman–Crippen LogP) is 3.47. The lowest BCUT2D eigenvalue weighted by molar-refractivity contribution is 0.0987. The maximum Gasteiger partial charge on any atom is 0.186 e. The quantitative estimate of drug-likeness (QED) is 0.812. The Kier molecular flexibility index (Phi) is 3.46. The summed E-state index contributed by atoms with van der Waals surface area (Å²) in [6.07, 6.45) is 0.0445. The van der Waals surface area contributed by atoms with E-state index in [1.165, 1.54) is 17.4 Å². The van der Waals surface area contributed by atoms with Gasteiger partial charge in [-0.2, -0.15) is 0 Å². The summed E-state index contributed by atoms with van der Waals surface area (Å²) in [5.41, 5.74) is 2.37. The molecule has 0 aliphatic rings. The summed E-state index contributed by atoms with van der Waals surface area (Å²) in [4.78, 5) is 15.6. The zero-order chi connectivity index (χ0) is 11.5. The van der Waals surface area contributed by atoms with Gasteiger partial charge in [0.15, 0.2) is 5.78 Å². The molecule has 0 N–H and O–H groups in total. The van der Waals surface area contributed by atoms with Gasteiger partial charge in [-0.15, -0.1) is 11.3 Å². The van der Waals surface area contributed by atoms with Crippen molar-refractivity contribution in [3.05, 3.63) is 50.6 Å². The fourth-order valence-electron chi connectivity index (χ4n) is 1.28. The van der Waals surface area contributed by atoms with Crippen molar-refractivity contribution in [2.45, 2.75) is 6.42 Å². The Morgan fingerprint density at radius 2 is 2.31 bits per heavy atom. The molecule has 16 heavy (non-hydrogen) atoms. The molecule has 1 heterocycles. The number of hydrogen-bond donors (Lipinski definition) is 0. The smallest absolute Gasteiger partial charge is 0.186 e. The lowest BCUT2D eigenvalue weighted by Gasteiger charge is -2.01. The maximum atomic E-state index is 13.5. The van der Waals surface area contributed by atoms with Crippen LogP contribution in [-0.4, -0.2) is 10.8 Å². The molecule has 0 bridgehead atoms. The number of carbonyl (C=O) groups is 1. The molecule has 0 radical (unpaired) electrons. The third-order valence-electron chi connectivity index (χ3n) is 2.08. The molecule has 1 aromatic carbocycles. The molecule has 0 spiro atoms. The van der Waals surface area contributed by atoms with Gasteiger partial charge >= 0.3 is 0 Å². The van der Waals surface area contributed by atoms with Crippen LogP contribution in [0.1, 0.15) is 16.1 Å². The Balaban J connectivity index is 2.18. The first-order chi connectivity index (χ1) is 7.66. The number of thiazole rings is 1. The van der Waals surface area contributed by atoms with Crippen LogP contribution in [0.5, 0.6) is 0 Å². The SMILES string of the molecule is O=C(Cc1ccc(Br)cc1F)c1cscn1. The third-order valence-corrected chi connectivity index (χ3v) is 3.16. The van der Waals surface area contributed by atoms with Crippen LogP contribution in [0, 0.1) is 5.82 Å². The van der Waals surface area contributed by atoms with Gasteiger partial charge in [-0.3, -0.25) is 4.79 Å². The number of halogens is 2. The molecule has 0 saturated carbocycles. The zero-order valence-corrected chi connectivity index (χ0v) is 10.5. The highest BCUT2D eigenvalue weighted by atomic mass is 79.9. The minimum atomic E-state index is -0.377. The van der Waals surface area contributed by atoms with E-state index >= 15 is 0 Å². The molecule has 0 atom stereocenters. The van der Waals surface area contributed by atoms with E-state index in [1.807, 2.05) is 0 Å². The van der Waals surface area contributed by atoms with E-state index in [0.717, 1.165) is 0 Å². The van der Waals surface area contributed by atoms with Crippen LogP contribution in [0.4, 0.5) is 4.39 Å². The lowest BCUT2D eigenvalue weighted by Crippen LogP contribution is -2.05. The Morgan fingerprint density at radius 1 is 1.50 bits per heavy atom. The fraction of sp³-hybridized carbons (Fsp3) is 0.0909. The number of rotatable bonds is 3. The van der Waals surface area contributed by atoms with E-state index < -0.39 is 0 Å². The number of carbonyl (C=O) groups excluding carboxylic acids is 1. The van der Waals surface area contributed by atoms with Crippen molar-refractivity contribution in [2.24, 2.45) is 0 Å². The fourth-order valence-corrected chi connectivity index (χ4v) is 2.17. The predicted molar refractivity (Wildman–Crippen MR) is 64.2 cm³/mol. The summed E-state index contributed by atoms with van der Waals surface area (Å²) >= 11 is 4.52. The molecule has 0 aliphatic heterocycles. The van der Waals surface area contributed by atoms with E-state index in [9.17, 15) is 9.18 Å². The minimum Gasteiger partial charge on any atom is -0.292 e. The molecule has 0 amide bonds. The number of hydrogen-bond acceptors (Lipinski definition) is 3. The number of benzene rings is 1. The number of Topliss-reactive ketones (excluding diaryl/α,β-unsaturated/α-hetero) is 1. The van der Waals surface area contributed by atoms with Crippen molar-refractivity contribution < 1.29 is 9.18 Å². The van der Waals surface area contributed by atoms with Crippen molar-refractivity contribution in [3.8, 4) is 0 Å². The highest BCUT2D eigenvalue weighted by Crippen LogP contribution is 2.17. The molecule has 1 aromatic heterocycles. The molecule has 0 fully saturated rings. The standard InChI is InChI=1S/C11H7BrFNOS/c12-8-2-1-7(9(13)4-8)3-11(15)10-5-16-6-14-10/h1-2,4-6H,3H2. The van der Waals surface area contributed by atoms with Crippen LogP contribution in [0.2, 0.25) is 0 Å². The Labute approximate surface area is 104 Å². The highest BCUT2D eigenvalue weighted by Gasteiger charge is 2.12. The number of aromatic nitrogens is 1. The van der Waals surface area contributed by atoms with Crippen LogP contribution < -0.4 is 0 Å². The van der Waals surface area contributed by atoms with Gasteiger partial charge < -0.3 is 0 Å². The van der Waals surface area contributed by atoms with Crippen LogP contribution >= 0.6 is 27.3 Å². The molecule has 0 aliphatic carbocycles. The van der Waals surface area contributed by atoms with Crippen LogP contribution in [0.3, 0.4) is 0 Å². The van der Waals surface area contributed by atoms with E-state index in [0.29, 0.717) is 15.7 Å². The van der Waals surface area contributed by atoms with E-state index in [1.54, 1.807) is 23.0 Å². The first kappa shape index (κ1) is 11.4. The molecule has 0 unspecified atom stereocenters. The summed E-state index contributed by atoms with van der Waals surface area (Å²) < 4.78 is 14.1. The summed E-state index contributed by atoms with van der Waals surface area (Å²) in [5.74, 6) is -0.541. The molecular weight excluding hydrogens is 293 g/mol. The Bertz CT molecular complexity index is 513. The normalized spacial score (nSPS) is 10.4. The summed E-state index contributed by atoms with van der Waals surface area (Å²) in [6, 6.07) is 4.67. The average molecular weight is 300 g/mol. The summed E-state index contributed by atoms with van der Waals surface area (Å²) in [6.45, 7) is 0. The Hall–Kier alpha value is -1.07. The largest absolute Gasteiger partial charge is 0.292 e. The number of nitrogens with zero attached hydrogens (tertiary/aromatic N) is 1. The van der Waals surface area contributed by atoms with E-state index in [2.05, 4.69) is 20.9 Å². The monoisotopic (exact) mass is 299 g/mol.